The van der Waals surface area contributed by atoms with Crippen molar-refractivity contribution in [2.24, 2.45) is 5.73 Å². The summed E-state index contributed by atoms with van der Waals surface area (Å²) >= 11 is 0. The number of hydrogen-bond acceptors (Lipinski definition) is 3. The molecule has 1 aliphatic heterocycles. The summed E-state index contributed by atoms with van der Waals surface area (Å²) in [6.07, 6.45) is -0.991. The van der Waals surface area contributed by atoms with Gasteiger partial charge in [0.2, 0.25) is 0 Å². The standard InChI is InChI=1S/C4H8N2O2/c5-2-1-6-4(8)3(2)7/h2-3,7H,1,5H2,(H,6,8). The van der Waals surface area contributed by atoms with E-state index in [-0.39, 0.29) is 5.91 Å². The first-order chi connectivity index (χ1) is 3.72. The topological polar surface area (TPSA) is 75.3 Å². The lowest BCUT2D eigenvalue weighted by Gasteiger charge is -2.00. The minimum atomic E-state index is -0.991. The number of aliphatic hydroxyl groups excluding tert-OH is 1. The molecule has 4 N–H and O–H groups in total. The molecular weight excluding hydrogens is 108 g/mol. The molecule has 1 rings (SSSR count). The zero-order chi connectivity index (χ0) is 6.15. The zero-order valence-electron chi connectivity index (χ0n) is 4.29. The summed E-state index contributed by atoms with van der Waals surface area (Å²) in [4.78, 5) is 10.3. The Labute approximate surface area is 46.7 Å². The molecule has 0 aliphatic carbocycles. The molecule has 1 saturated heterocycles. The molecule has 4 heteroatoms. The summed E-state index contributed by atoms with van der Waals surface area (Å²) in [7, 11) is 0. The van der Waals surface area contributed by atoms with Crippen LogP contribution in [-0.4, -0.2) is 29.7 Å². The molecule has 0 radical (unpaired) electrons. The van der Waals surface area contributed by atoms with E-state index in [1.54, 1.807) is 0 Å². The van der Waals surface area contributed by atoms with Gasteiger partial charge < -0.3 is 16.2 Å². The second kappa shape index (κ2) is 1.72. The first-order valence-electron chi connectivity index (χ1n) is 2.43. The Balaban J connectivity index is 2.56. The molecule has 1 aliphatic rings. The highest BCUT2D eigenvalue weighted by Gasteiger charge is 2.29. The summed E-state index contributed by atoms with van der Waals surface area (Å²) < 4.78 is 0. The van der Waals surface area contributed by atoms with Crippen molar-refractivity contribution in [3.05, 3.63) is 0 Å². The second-order valence-corrected chi connectivity index (χ2v) is 1.85. The van der Waals surface area contributed by atoms with Gasteiger partial charge in [-0.25, -0.2) is 0 Å². The molecule has 46 valence electrons. The fourth-order valence-electron chi connectivity index (χ4n) is 0.629. The van der Waals surface area contributed by atoms with Crippen LogP contribution < -0.4 is 11.1 Å². The number of nitrogens with one attached hydrogen (secondary N) is 1. The van der Waals surface area contributed by atoms with Crippen molar-refractivity contribution in [2.45, 2.75) is 12.1 Å². The van der Waals surface area contributed by atoms with Crippen LogP contribution in [0.1, 0.15) is 0 Å². The fraction of sp³-hybridized carbons (Fsp3) is 0.750. The minimum absolute atomic E-state index is 0.363. The van der Waals surface area contributed by atoms with E-state index in [0.717, 1.165) is 0 Å². The number of carbonyl (C=O) groups excluding carboxylic acids is 1. The highest BCUT2D eigenvalue weighted by molar-refractivity contribution is 5.83. The number of amides is 1. The Bertz CT molecular complexity index is 115. The number of aliphatic hydroxyl groups is 1. The molecule has 0 aromatic rings. The monoisotopic (exact) mass is 116 g/mol. The van der Waals surface area contributed by atoms with Crippen molar-refractivity contribution >= 4 is 5.91 Å². The fourth-order valence-corrected chi connectivity index (χ4v) is 0.629. The lowest BCUT2D eigenvalue weighted by molar-refractivity contribution is -0.126. The van der Waals surface area contributed by atoms with Gasteiger partial charge in [0, 0.05) is 6.54 Å². The molecule has 0 aromatic carbocycles. The summed E-state index contributed by atoms with van der Waals surface area (Å²) in [6.45, 7) is 0.389. The molecule has 2 atom stereocenters. The minimum Gasteiger partial charge on any atom is -0.382 e. The molecule has 1 fully saturated rings. The maximum absolute atomic E-state index is 10.3. The molecule has 0 spiro atoms. The van der Waals surface area contributed by atoms with Gasteiger partial charge in [0.15, 0.2) is 0 Å². The Morgan fingerprint density at radius 2 is 2.50 bits per heavy atom. The SMILES string of the molecule is NC1CNC(=O)C1O. The van der Waals surface area contributed by atoms with Crippen molar-refractivity contribution in [3.8, 4) is 0 Å². The molecule has 1 amide bonds. The molecule has 2 unspecified atom stereocenters. The summed E-state index contributed by atoms with van der Waals surface area (Å²) in [6, 6.07) is -0.414. The van der Waals surface area contributed by atoms with Gasteiger partial charge in [-0.3, -0.25) is 4.79 Å². The van der Waals surface area contributed by atoms with Gasteiger partial charge in [0.25, 0.3) is 5.91 Å². The van der Waals surface area contributed by atoms with Crippen LogP contribution in [-0.2, 0) is 4.79 Å². The van der Waals surface area contributed by atoms with Gasteiger partial charge in [0.1, 0.15) is 6.10 Å². The normalized spacial score (nSPS) is 37.5. The highest BCUT2D eigenvalue weighted by atomic mass is 16.3. The van der Waals surface area contributed by atoms with E-state index in [1.807, 2.05) is 0 Å². The van der Waals surface area contributed by atoms with Crippen LogP contribution in [0.25, 0.3) is 0 Å². The molecule has 0 saturated carbocycles. The lowest BCUT2D eigenvalue weighted by atomic mass is 10.2. The first-order valence-corrected chi connectivity index (χ1v) is 2.43. The predicted molar refractivity (Wildman–Crippen MR) is 27.0 cm³/mol. The van der Waals surface area contributed by atoms with Crippen molar-refractivity contribution in [3.63, 3.8) is 0 Å². The van der Waals surface area contributed by atoms with Crippen molar-refractivity contribution < 1.29 is 9.90 Å². The van der Waals surface area contributed by atoms with E-state index in [4.69, 9.17) is 10.8 Å². The van der Waals surface area contributed by atoms with Crippen LogP contribution in [0.3, 0.4) is 0 Å². The summed E-state index contributed by atoms with van der Waals surface area (Å²) in [5.74, 6) is -0.363. The first kappa shape index (κ1) is 5.53. The van der Waals surface area contributed by atoms with E-state index in [9.17, 15) is 4.79 Å². The van der Waals surface area contributed by atoms with E-state index in [2.05, 4.69) is 5.32 Å². The van der Waals surface area contributed by atoms with Crippen LogP contribution >= 0.6 is 0 Å². The van der Waals surface area contributed by atoms with E-state index in [1.165, 1.54) is 0 Å². The smallest absolute Gasteiger partial charge is 0.250 e. The molecule has 0 bridgehead atoms. The largest absolute Gasteiger partial charge is 0.382 e. The Morgan fingerprint density at radius 3 is 2.62 bits per heavy atom. The van der Waals surface area contributed by atoms with Crippen molar-refractivity contribution in [2.75, 3.05) is 6.54 Å². The number of carbonyl (C=O) groups is 1. The third-order valence-electron chi connectivity index (χ3n) is 1.19. The third-order valence-corrected chi connectivity index (χ3v) is 1.19. The van der Waals surface area contributed by atoms with E-state index < -0.39 is 12.1 Å². The average molecular weight is 116 g/mol. The molecular formula is C4H8N2O2. The predicted octanol–water partition coefficient (Wildman–Crippen LogP) is -2.20. The van der Waals surface area contributed by atoms with E-state index in [0.29, 0.717) is 6.54 Å². The van der Waals surface area contributed by atoms with Crippen molar-refractivity contribution in [1.82, 2.24) is 5.32 Å². The summed E-state index contributed by atoms with van der Waals surface area (Å²) in [5.41, 5.74) is 5.24. The Kier molecular flexibility index (Phi) is 1.19. The van der Waals surface area contributed by atoms with Gasteiger partial charge in [-0.2, -0.15) is 0 Å². The number of nitrogens with two attached hydrogens (primary N) is 1. The van der Waals surface area contributed by atoms with Gasteiger partial charge in [-0.1, -0.05) is 0 Å². The average Bonchev–Trinajstić information content (AvgIpc) is 1.98. The number of rotatable bonds is 0. The number of hydrogen-bond donors (Lipinski definition) is 3. The van der Waals surface area contributed by atoms with Crippen LogP contribution in [0.5, 0.6) is 0 Å². The van der Waals surface area contributed by atoms with Crippen molar-refractivity contribution in [1.29, 1.82) is 0 Å². The Morgan fingerprint density at radius 1 is 1.88 bits per heavy atom. The maximum atomic E-state index is 10.3. The maximum Gasteiger partial charge on any atom is 0.250 e. The molecule has 8 heavy (non-hydrogen) atoms. The third kappa shape index (κ3) is 0.677. The van der Waals surface area contributed by atoms with Gasteiger partial charge in [-0.05, 0) is 0 Å². The van der Waals surface area contributed by atoms with E-state index >= 15 is 0 Å². The Hall–Kier alpha value is -0.610. The van der Waals surface area contributed by atoms with Gasteiger partial charge in [0.05, 0.1) is 6.04 Å². The molecule has 0 aromatic heterocycles. The zero-order valence-corrected chi connectivity index (χ0v) is 4.29. The van der Waals surface area contributed by atoms with Crippen LogP contribution in [0, 0.1) is 0 Å². The lowest BCUT2D eigenvalue weighted by Crippen LogP contribution is -2.34. The second-order valence-electron chi connectivity index (χ2n) is 1.85. The van der Waals surface area contributed by atoms with Crippen LogP contribution in [0.2, 0.25) is 0 Å². The summed E-state index contributed by atoms with van der Waals surface area (Å²) in [5, 5.41) is 11.1. The van der Waals surface area contributed by atoms with Crippen LogP contribution in [0.15, 0.2) is 0 Å². The van der Waals surface area contributed by atoms with Crippen LogP contribution in [0.4, 0.5) is 0 Å². The van der Waals surface area contributed by atoms with Gasteiger partial charge >= 0.3 is 0 Å². The van der Waals surface area contributed by atoms with Gasteiger partial charge in [-0.15, -0.1) is 0 Å². The highest BCUT2D eigenvalue weighted by Crippen LogP contribution is 1.95. The molecule has 4 nitrogen and oxygen atoms in total. The quantitative estimate of drug-likeness (QED) is 0.336. The molecule has 1 heterocycles.